The van der Waals surface area contributed by atoms with Crippen molar-refractivity contribution in [3.05, 3.63) is 45.0 Å². The lowest BCUT2D eigenvalue weighted by atomic mass is 9.96. The molecule has 4 rings (SSSR count). The van der Waals surface area contributed by atoms with E-state index in [1.54, 1.807) is 18.6 Å². The SMILES string of the molecule is CC(C)(C)/C=C/c1cn(CC2(C)NC(C(=O)Nc3nc(N)c4ncn(C(C)(C)C)c4n3)CS2)c(=O)[nH]c1=O. The van der Waals surface area contributed by atoms with E-state index in [0.717, 1.165) is 0 Å². The average molecular weight is 542 g/mol. The van der Waals surface area contributed by atoms with Crippen molar-refractivity contribution < 1.29 is 4.79 Å². The predicted octanol–water partition coefficient (Wildman–Crippen LogP) is 2.13. The molecule has 1 fully saturated rings. The van der Waals surface area contributed by atoms with Crippen LogP contribution in [0.4, 0.5) is 11.8 Å². The van der Waals surface area contributed by atoms with E-state index >= 15 is 0 Å². The second kappa shape index (κ2) is 9.70. The van der Waals surface area contributed by atoms with Crippen molar-refractivity contribution in [1.29, 1.82) is 0 Å². The highest BCUT2D eigenvalue weighted by Crippen LogP contribution is 2.32. The minimum Gasteiger partial charge on any atom is -0.382 e. The molecule has 0 aromatic carbocycles. The minimum absolute atomic E-state index is 0.0959. The zero-order chi connectivity index (χ0) is 28.0. The van der Waals surface area contributed by atoms with Gasteiger partial charge in [0.25, 0.3) is 5.56 Å². The van der Waals surface area contributed by atoms with E-state index in [0.29, 0.717) is 22.5 Å². The highest BCUT2D eigenvalue weighted by Gasteiger charge is 2.39. The molecule has 0 spiro atoms. The van der Waals surface area contributed by atoms with E-state index in [2.05, 4.69) is 30.6 Å². The minimum atomic E-state index is -0.635. The molecule has 5 N–H and O–H groups in total. The highest BCUT2D eigenvalue weighted by molar-refractivity contribution is 8.00. The molecule has 13 heteroatoms. The van der Waals surface area contributed by atoms with Gasteiger partial charge in [-0.05, 0) is 33.1 Å². The number of rotatable bonds is 5. The number of amides is 1. The summed E-state index contributed by atoms with van der Waals surface area (Å²) in [6, 6.07) is -0.559. The van der Waals surface area contributed by atoms with Crippen molar-refractivity contribution in [2.24, 2.45) is 5.41 Å². The standard InChI is InChI=1S/C25H35N9O3S/c1-23(2,3)9-8-14-10-33(22(37)31-19(14)35)12-25(7)32-15(11-38-25)20(36)30-21-28-17(26)16-18(29-21)34(13-27-16)24(4,5)6/h8-10,13,15,32H,11-12H2,1-7H3,(H,31,35,37)(H3,26,28,29,30,36)/b9-8+. The topological polar surface area (TPSA) is 166 Å². The second-order valence-corrected chi connectivity index (χ2v) is 13.3. The van der Waals surface area contributed by atoms with Crippen molar-refractivity contribution in [3.8, 4) is 0 Å². The number of hydrogen-bond donors (Lipinski definition) is 4. The van der Waals surface area contributed by atoms with Gasteiger partial charge in [-0.2, -0.15) is 9.97 Å². The normalized spacial score (nSPS) is 20.4. The van der Waals surface area contributed by atoms with Crippen molar-refractivity contribution in [3.63, 3.8) is 0 Å². The summed E-state index contributed by atoms with van der Waals surface area (Å²) in [6.45, 7) is 14.3. The maximum atomic E-state index is 13.1. The van der Waals surface area contributed by atoms with Crippen LogP contribution in [0.2, 0.25) is 0 Å². The molecule has 4 heterocycles. The van der Waals surface area contributed by atoms with Crippen molar-refractivity contribution in [2.45, 2.75) is 71.5 Å². The van der Waals surface area contributed by atoms with Crippen molar-refractivity contribution in [2.75, 3.05) is 16.8 Å². The molecule has 38 heavy (non-hydrogen) atoms. The van der Waals surface area contributed by atoms with Crippen LogP contribution in [0.1, 0.15) is 54.0 Å². The Kier molecular flexibility index (Phi) is 7.04. The van der Waals surface area contributed by atoms with Crippen molar-refractivity contribution >= 4 is 46.7 Å². The first-order chi connectivity index (χ1) is 17.5. The van der Waals surface area contributed by atoms with Gasteiger partial charge >= 0.3 is 5.69 Å². The fourth-order valence-corrected chi connectivity index (χ4v) is 5.27. The number of allylic oxidation sites excluding steroid dienone is 1. The molecule has 2 unspecified atom stereocenters. The fourth-order valence-electron chi connectivity index (χ4n) is 4.04. The number of aromatic nitrogens is 6. The number of imidazole rings is 1. The monoisotopic (exact) mass is 541 g/mol. The van der Waals surface area contributed by atoms with Gasteiger partial charge in [0.15, 0.2) is 11.5 Å². The van der Waals surface area contributed by atoms with Crippen LogP contribution in [0, 0.1) is 5.41 Å². The number of thioether (sulfide) groups is 1. The highest BCUT2D eigenvalue weighted by atomic mass is 32.2. The van der Waals surface area contributed by atoms with Gasteiger partial charge in [0.05, 0.1) is 29.3 Å². The third-order valence-corrected chi connectivity index (χ3v) is 7.40. The summed E-state index contributed by atoms with van der Waals surface area (Å²) in [6.07, 6.45) is 6.84. The Morgan fingerprint density at radius 2 is 1.97 bits per heavy atom. The number of nitrogens with zero attached hydrogens (tertiary/aromatic N) is 5. The van der Waals surface area contributed by atoms with Crippen LogP contribution in [0.15, 0.2) is 28.2 Å². The summed E-state index contributed by atoms with van der Waals surface area (Å²) in [5, 5.41) is 6.08. The number of aromatic amines is 1. The van der Waals surface area contributed by atoms with E-state index in [9.17, 15) is 14.4 Å². The molecule has 2 atom stereocenters. The molecule has 0 radical (unpaired) electrons. The zero-order valence-electron chi connectivity index (χ0n) is 22.7. The Balaban J connectivity index is 1.50. The van der Waals surface area contributed by atoms with Crippen LogP contribution >= 0.6 is 11.8 Å². The van der Waals surface area contributed by atoms with E-state index in [1.165, 1.54) is 16.3 Å². The molecular formula is C25H35N9O3S. The summed E-state index contributed by atoms with van der Waals surface area (Å²) in [5.74, 6) is 0.429. The summed E-state index contributed by atoms with van der Waals surface area (Å²) >= 11 is 1.51. The molecule has 12 nitrogen and oxygen atoms in total. The van der Waals surface area contributed by atoms with Gasteiger partial charge < -0.3 is 10.3 Å². The molecule has 0 bridgehead atoms. The Labute approximate surface area is 224 Å². The first kappa shape index (κ1) is 27.6. The number of nitrogens with one attached hydrogen (secondary N) is 3. The third-order valence-electron chi connectivity index (χ3n) is 6.02. The summed E-state index contributed by atoms with van der Waals surface area (Å²) < 4.78 is 3.33. The maximum Gasteiger partial charge on any atom is 0.328 e. The smallest absolute Gasteiger partial charge is 0.328 e. The number of carbonyl (C=O) groups is 1. The van der Waals surface area contributed by atoms with E-state index in [-0.39, 0.29) is 35.2 Å². The van der Waals surface area contributed by atoms with Crippen LogP contribution in [-0.4, -0.2) is 51.6 Å². The largest absolute Gasteiger partial charge is 0.382 e. The Morgan fingerprint density at radius 3 is 2.63 bits per heavy atom. The summed E-state index contributed by atoms with van der Waals surface area (Å²) in [4.78, 5) is 52.7. The van der Waals surface area contributed by atoms with Crippen LogP contribution in [-0.2, 0) is 16.9 Å². The van der Waals surface area contributed by atoms with Gasteiger partial charge in [0.2, 0.25) is 11.9 Å². The first-order valence-corrected chi connectivity index (χ1v) is 13.3. The van der Waals surface area contributed by atoms with E-state index < -0.39 is 22.2 Å². The third kappa shape index (κ3) is 5.99. The molecule has 204 valence electrons. The number of hydrogen-bond acceptors (Lipinski definition) is 9. The number of H-pyrrole nitrogens is 1. The van der Waals surface area contributed by atoms with Gasteiger partial charge in [0.1, 0.15) is 5.52 Å². The molecular weight excluding hydrogens is 506 g/mol. The van der Waals surface area contributed by atoms with E-state index in [4.69, 9.17) is 5.73 Å². The van der Waals surface area contributed by atoms with Crippen LogP contribution < -0.4 is 27.6 Å². The lowest BCUT2D eigenvalue weighted by molar-refractivity contribution is -0.117. The van der Waals surface area contributed by atoms with Gasteiger partial charge in [-0.25, -0.2) is 9.78 Å². The zero-order valence-corrected chi connectivity index (χ0v) is 23.6. The number of nitrogens with two attached hydrogens (primary N) is 1. The second-order valence-electron chi connectivity index (χ2n) is 11.8. The molecule has 1 saturated heterocycles. The Hall–Kier alpha value is -3.45. The molecule has 3 aromatic rings. The molecule has 0 aliphatic carbocycles. The lowest BCUT2D eigenvalue weighted by Crippen LogP contribution is -2.49. The number of nitrogen functional groups attached to an aromatic ring is 1. The van der Waals surface area contributed by atoms with E-state index in [1.807, 2.05) is 59.1 Å². The molecule has 0 saturated carbocycles. The predicted molar refractivity (Wildman–Crippen MR) is 151 cm³/mol. The molecule has 1 aliphatic heterocycles. The fraction of sp³-hybridized carbons (Fsp3) is 0.520. The van der Waals surface area contributed by atoms with Gasteiger partial charge in [-0.3, -0.25) is 29.8 Å². The lowest BCUT2D eigenvalue weighted by Gasteiger charge is -2.25. The number of fused-ring (bicyclic) bond motifs is 1. The number of anilines is 2. The van der Waals surface area contributed by atoms with Crippen LogP contribution in [0.3, 0.4) is 0 Å². The maximum absolute atomic E-state index is 13.1. The van der Waals surface area contributed by atoms with Gasteiger partial charge in [-0.1, -0.05) is 32.9 Å². The van der Waals surface area contributed by atoms with Gasteiger partial charge in [0, 0.05) is 17.5 Å². The Bertz CT molecular complexity index is 1520. The van der Waals surface area contributed by atoms with Crippen molar-refractivity contribution in [1.82, 2.24) is 34.4 Å². The Morgan fingerprint density at radius 1 is 1.26 bits per heavy atom. The molecule has 3 aromatic heterocycles. The molecule has 1 aliphatic rings. The summed E-state index contributed by atoms with van der Waals surface area (Å²) in [7, 11) is 0. The van der Waals surface area contributed by atoms with Gasteiger partial charge in [-0.15, -0.1) is 11.8 Å². The first-order valence-electron chi connectivity index (χ1n) is 12.3. The molecule has 1 amide bonds. The number of carbonyl (C=O) groups excluding carboxylic acids is 1. The van der Waals surface area contributed by atoms with Crippen LogP contribution in [0.25, 0.3) is 17.2 Å². The average Bonchev–Trinajstić information content (AvgIpc) is 3.38. The van der Waals surface area contributed by atoms with Crippen LogP contribution in [0.5, 0.6) is 0 Å². The quantitative estimate of drug-likeness (QED) is 0.378. The summed E-state index contributed by atoms with van der Waals surface area (Å²) in [5.41, 5.74) is 6.14.